The maximum Gasteiger partial charge on any atom is 0.249 e. The van der Waals surface area contributed by atoms with Crippen LogP contribution in [0.3, 0.4) is 0 Å². The predicted octanol–water partition coefficient (Wildman–Crippen LogP) is 0.107. The molecule has 7 nitrogen and oxygen atoms in total. The molecule has 1 aromatic carbocycles. The van der Waals surface area contributed by atoms with Crippen molar-refractivity contribution >= 4 is 15.9 Å². The van der Waals surface area contributed by atoms with E-state index in [0.717, 1.165) is 12.0 Å². The van der Waals surface area contributed by atoms with Gasteiger partial charge in [0, 0.05) is 19.6 Å². The van der Waals surface area contributed by atoms with Crippen LogP contribution in [0.15, 0.2) is 29.2 Å². The third kappa shape index (κ3) is 4.74. The van der Waals surface area contributed by atoms with E-state index in [0.29, 0.717) is 26.1 Å². The van der Waals surface area contributed by atoms with Crippen LogP contribution < -0.4 is 15.8 Å². The number of nitrogens with two attached hydrogens (primary N) is 1. The highest BCUT2D eigenvalue weighted by atomic mass is 32.2. The summed E-state index contributed by atoms with van der Waals surface area (Å²) in [5, 5.41) is 2.80. The second-order valence-corrected chi connectivity index (χ2v) is 7.19. The first kappa shape index (κ1) is 17.9. The van der Waals surface area contributed by atoms with Gasteiger partial charge >= 0.3 is 0 Å². The van der Waals surface area contributed by atoms with E-state index in [1.807, 2.05) is 0 Å². The minimum atomic E-state index is -3.45. The number of hydrogen-bond acceptors (Lipinski definition) is 5. The molecule has 0 radical (unpaired) electrons. The van der Waals surface area contributed by atoms with Crippen LogP contribution in [0.25, 0.3) is 0 Å². The standard InChI is InChI=1S/C15H23N3O4S/c1-2-18-23(20,21)13-6-3-11(4-7-13)10-17-15(19)14-8-5-12(9-16)22-14/h3-4,6-7,12,14,18H,2,5,8-10,16H2,1H3,(H,17,19)/t12-,14+/m1/s1. The van der Waals surface area contributed by atoms with Gasteiger partial charge < -0.3 is 15.8 Å². The fourth-order valence-electron chi connectivity index (χ4n) is 2.43. The van der Waals surface area contributed by atoms with E-state index in [2.05, 4.69) is 10.0 Å². The van der Waals surface area contributed by atoms with Crippen LogP contribution in [-0.4, -0.2) is 39.6 Å². The van der Waals surface area contributed by atoms with Crippen LogP contribution in [0.1, 0.15) is 25.3 Å². The van der Waals surface area contributed by atoms with Crippen molar-refractivity contribution in [2.45, 2.75) is 43.4 Å². The average Bonchev–Trinajstić information content (AvgIpc) is 3.02. The van der Waals surface area contributed by atoms with Crippen molar-refractivity contribution in [1.82, 2.24) is 10.0 Å². The minimum Gasteiger partial charge on any atom is -0.364 e. The van der Waals surface area contributed by atoms with Crippen molar-refractivity contribution < 1.29 is 17.9 Å². The van der Waals surface area contributed by atoms with Gasteiger partial charge in [0.25, 0.3) is 0 Å². The molecule has 8 heteroatoms. The van der Waals surface area contributed by atoms with Crippen LogP contribution in [0.5, 0.6) is 0 Å². The van der Waals surface area contributed by atoms with Gasteiger partial charge in [-0.1, -0.05) is 19.1 Å². The Balaban J connectivity index is 1.88. The topological polar surface area (TPSA) is 111 Å². The molecular formula is C15H23N3O4S. The largest absolute Gasteiger partial charge is 0.364 e. The van der Waals surface area contributed by atoms with Crippen LogP contribution in [-0.2, 0) is 26.1 Å². The Morgan fingerprint density at radius 1 is 1.30 bits per heavy atom. The molecule has 128 valence electrons. The SMILES string of the molecule is CCNS(=O)(=O)c1ccc(CNC(=O)[C@@H]2CC[C@H](CN)O2)cc1. The van der Waals surface area contributed by atoms with E-state index in [-0.39, 0.29) is 16.9 Å². The number of carbonyl (C=O) groups is 1. The zero-order valence-corrected chi connectivity index (χ0v) is 13.9. The van der Waals surface area contributed by atoms with Crippen molar-refractivity contribution in [3.63, 3.8) is 0 Å². The maximum absolute atomic E-state index is 12.0. The van der Waals surface area contributed by atoms with E-state index in [1.54, 1.807) is 19.1 Å². The predicted molar refractivity (Wildman–Crippen MR) is 86.1 cm³/mol. The molecule has 0 saturated carbocycles. The molecule has 4 N–H and O–H groups in total. The van der Waals surface area contributed by atoms with Crippen LogP contribution in [0.2, 0.25) is 0 Å². The highest BCUT2D eigenvalue weighted by Gasteiger charge is 2.29. The number of sulfonamides is 1. The zero-order valence-electron chi connectivity index (χ0n) is 13.1. The van der Waals surface area contributed by atoms with Crippen LogP contribution in [0.4, 0.5) is 0 Å². The number of amides is 1. The molecule has 1 saturated heterocycles. The van der Waals surface area contributed by atoms with Crippen LogP contribution in [0, 0.1) is 0 Å². The number of nitrogens with one attached hydrogen (secondary N) is 2. The van der Waals surface area contributed by atoms with Gasteiger partial charge in [0.2, 0.25) is 15.9 Å². The second-order valence-electron chi connectivity index (χ2n) is 5.42. The molecule has 2 atom stereocenters. The van der Waals surface area contributed by atoms with Gasteiger partial charge in [-0.05, 0) is 30.5 Å². The molecule has 0 bridgehead atoms. The molecule has 1 aliphatic heterocycles. The summed E-state index contributed by atoms with van der Waals surface area (Å²) >= 11 is 0. The monoisotopic (exact) mass is 341 g/mol. The average molecular weight is 341 g/mol. The summed E-state index contributed by atoms with van der Waals surface area (Å²) in [6.45, 7) is 2.81. The van der Waals surface area contributed by atoms with Gasteiger partial charge in [0.1, 0.15) is 6.10 Å². The molecule has 1 amide bonds. The first-order valence-corrected chi connectivity index (χ1v) is 9.16. The molecule has 0 spiro atoms. The first-order chi connectivity index (χ1) is 11.0. The molecule has 1 fully saturated rings. The van der Waals surface area contributed by atoms with Gasteiger partial charge in [-0.15, -0.1) is 0 Å². The van der Waals surface area contributed by atoms with Crippen molar-refractivity contribution in [3.8, 4) is 0 Å². The Hall–Kier alpha value is -1.48. The van der Waals surface area contributed by atoms with Crippen molar-refractivity contribution in [2.75, 3.05) is 13.1 Å². The summed E-state index contributed by atoms with van der Waals surface area (Å²) in [4.78, 5) is 12.2. The number of carbonyl (C=O) groups excluding carboxylic acids is 1. The normalized spacial score (nSPS) is 21.3. The van der Waals surface area contributed by atoms with Crippen molar-refractivity contribution in [1.29, 1.82) is 0 Å². The molecule has 0 aromatic heterocycles. The fraction of sp³-hybridized carbons (Fsp3) is 0.533. The van der Waals surface area contributed by atoms with E-state index in [4.69, 9.17) is 10.5 Å². The van der Waals surface area contributed by atoms with E-state index >= 15 is 0 Å². The molecular weight excluding hydrogens is 318 g/mol. The van der Waals surface area contributed by atoms with Crippen molar-refractivity contribution in [2.24, 2.45) is 5.73 Å². The number of hydrogen-bond donors (Lipinski definition) is 3. The highest BCUT2D eigenvalue weighted by molar-refractivity contribution is 7.89. The number of ether oxygens (including phenoxy) is 1. The van der Waals surface area contributed by atoms with E-state index < -0.39 is 16.1 Å². The highest BCUT2D eigenvalue weighted by Crippen LogP contribution is 2.19. The van der Waals surface area contributed by atoms with Crippen LogP contribution >= 0.6 is 0 Å². The summed E-state index contributed by atoms with van der Waals surface area (Å²) < 4.78 is 31.6. The van der Waals surface area contributed by atoms with Gasteiger partial charge in [-0.25, -0.2) is 13.1 Å². The minimum absolute atomic E-state index is 0.0405. The number of benzene rings is 1. The Morgan fingerprint density at radius 3 is 2.57 bits per heavy atom. The molecule has 23 heavy (non-hydrogen) atoms. The Morgan fingerprint density at radius 2 is 2.00 bits per heavy atom. The van der Waals surface area contributed by atoms with E-state index in [1.165, 1.54) is 12.1 Å². The quantitative estimate of drug-likeness (QED) is 0.652. The second kappa shape index (κ2) is 7.87. The lowest BCUT2D eigenvalue weighted by Crippen LogP contribution is -2.35. The summed E-state index contributed by atoms with van der Waals surface area (Å²) in [7, 11) is -3.45. The van der Waals surface area contributed by atoms with E-state index in [9.17, 15) is 13.2 Å². The Labute approximate surface area is 136 Å². The lowest BCUT2D eigenvalue weighted by Gasteiger charge is -2.13. The maximum atomic E-state index is 12.0. The summed E-state index contributed by atoms with van der Waals surface area (Å²) in [6.07, 6.45) is 0.984. The molecule has 1 aromatic rings. The third-order valence-electron chi connectivity index (χ3n) is 3.70. The molecule has 1 heterocycles. The lowest BCUT2D eigenvalue weighted by molar-refractivity contribution is -0.132. The molecule has 1 aliphatic rings. The molecule has 0 unspecified atom stereocenters. The summed E-state index contributed by atoms with van der Waals surface area (Å²) in [5.41, 5.74) is 6.34. The van der Waals surface area contributed by atoms with Gasteiger partial charge in [-0.3, -0.25) is 4.79 Å². The fourth-order valence-corrected chi connectivity index (χ4v) is 3.48. The summed E-state index contributed by atoms with van der Waals surface area (Å²) in [6, 6.07) is 6.41. The summed E-state index contributed by atoms with van der Waals surface area (Å²) in [5.74, 6) is -0.162. The Bertz CT molecular complexity index is 631. The van der Waals surface area contributed by atoms with Crippen molar-refractivity contribution in [3.05, 3.63) is 29.8 Å². The smallest absolute Gasteiger partial charge is 0.249 e. The van der Waals surface area contributed by atoms with Gasteiger partial charge in [0.05, 0.1) is 11.0 Å². The lowest BCUT2D eigenvalue weighted by atomic mass is 10.2. The molecule has 0 aliphatic carbocycles. The first-order valence-electron chi connectivity index (χ1n) is 7.68. The van der Waals surface area contributed by atoms with Gasteiger partial charge in [0.15, 0.2) is 0 Å². The number of rotatable bonds is 7. The van der Waals surface area contributed by atoms with Gasteiger partial charge in [-0.2, -0.15) is 0 Å². The Kier molecular flexibility index (Phi) is 6.11. The third-order valence-corrected chi connectivity index (χ3v) is 5.26. The molecule has 2 rings (SSSR count). The zero-order chi connectivity index (χ0) is 16.9.